The first-order chi connectivity index (χ1) is 10.5. The number of carbonyl (C=O) groups is 1. The van der Waals surface area contributed by atoms with Gasteiger partial charge in [-0.1, -0.05) is 18.2 Å². The summed E-state index contributed by atoms with van der Waals surface area (Å²) in [5.41, 5.74) is -0.297. The topological polar surface area (TPSA) is 94.4 Å². The molecule has 1 N–H and O–H groups in total. The van der Waals surface area contributed by atoms with Crippen LogP contribution in [0, 0.1) is 10.1 Å². The molecule has 1 aromatic carbocycles. The predicted molar refractivity (Wildman–Crippen MR) is 83.8 cm³/mol. The van der Waals surface area contributed by atoms with E-state index in [1.807, 2.05) is 6.07 Å². The van der Waals surface area contributed by atoms with Crippen molar-refractivity contribution in [2.24, 2.45) is 0 Å². The minimum atomic E-state index is -0.826. The molecule has 1 heterocycles. The van der Waals surface area contributed by atoms with Crippen molar-refractivity contribution in [1.82, 2.24) is 4.98 Å². The Morgan fingerprint density at radius 2 is 2.09 bits per heavy atom. The van der Waals surface area contributed by atoms with Gasteiger partial charge in [-0.05, 0) is 35.0 Å². The van der Waals surface area contributed by atoms with Gasteiger partial charge in [-0.3, -0.25) is 14.9 Å². The van der Waals surface area contributed by atoms with E-state index in [0.717, 1.165) is 0 Å². The van der Waals surface area contributed by atoms with Crippen LogP contribution >= 0.6 is 15.9 Å². The Morgan fingerprint density at radius 1 is 1.41 bits per heavy atom. The monoisotopic (exact) mass is 365 g/mol. The Kier molecular flexibility index (Phi) is 5.05. The van der Waals surface area contributed by atoms with Gasteiger partial charge in [0, 0.05) is 16.7 Å². The summed E-state index contributed by atoms with van der Waals surface area (Å²) in [6.45, 7) is 1.55. The number of hydrogen-bond donors (Lipinski definition) is 1. The fourth-order valence-electron chi connectivity index (χ4n) is 1.64. The van der Waals surface area contributed by atoms with Crippen molar-refractivity contribution in [3.63, 3.8) is 0 Å². The van der Waals surface area contributed by atoms with E-state index in [-0.39, 0.29) is 11.5 Å². The summed E-state index contributed by atoms with van der Waals surface area (Å²) in [5.74, 6) is -0.119. The molecule has 1 atom stereocenters. The smallest absolute Gasteiger partial charge is 0.312 e. The zero-order chi connectivity index (χ0) is 16.1. The second kappa shape index (κ2) is 6.99. The number of nitrogens with one attached hydrogen (secondary N) is 1. The summed E-state index contributed by atoms with van der Waals surface area (Å²) in [6, 6.07) is 10.1. The van der Waals surface area contributed by atoms with E-state index in [2.05, 4.69) is 26.2 Å². The van der Waals surface area contributed by atoms with Gasteiger partial charge in [0.25, 0.3) is 5.91 Å². The first-order valence-electron chi connectivity index (χ1n) is 6.30. The molecule has 1 amide bonds. The number of amides is 1. The SMILES string of the molecule is CC(Oc1ccccc1)C(=O)Nc1ncc(Br)cc1[N+](=O)[O-]. The maximum atomic E-state index is 12.1. The number of para-hydroxylation sites is 1. The molecule has 7 nitrogen and oxygen atoms in total. The van der Waals surface area contributed by atoms with Gasteiger partial charge >= 0.3 is 5.69 Å². The fraction of sp³-hybridized carbons (Fsp3) is 0.143. The predicted octanol–water partition coefficient (Wildman–Crippen LogP) is 3.16. The van der Waals surface area contributed by atoms with E-state index in [1.54, 1.807) is 31.2 Å². The minimum absolute atomic E-state index is 0.123. The van der Waals surface area contributed by atoms with Crippen molar-refractivity contribution in [2.45, 2.75) is 13.0 Å². The molecule has 8 heteroatoms. The van der Waals surface area contributed by atoms with Crippen LogP contribution in [0.3, 0.4) is 0 Å². The van der Waals surface area contributed by atoms with E-state index in [4.69, 9.17) is 4.74 Å². The Balaban J connectivity index is 2.10. The third-order valence-corrected chi connectivity index (χ3v) is 3.13. The Morgan fingerprint density at radius 3 is 2.73 bits per heavy atom. The Labute approximate surface area is 134 Å². The number of aromatic nitrogens is 1. The molecule has 0 fully saturated rings. The zero-order valence-electron chi connectivity index (χ0n) is 11.5. The number of rotatable bonds is 5. The molecule has 0 saturated heterocycles. The van der Waals surface area contributed by atoms with Crippen molar-refractivity contribution < 1.29 is 14.5 Å². The molecule has 2 rings (SSSR count). The number of carbonyl (C=O) groups excluding carboxylic acids is 1. The van der Waals surface area contributed by atoms with Crippen molar-refractivity contribution in [2.75, 3.05) is 5.32 Å². The van der Waals surface area contributed by atoms with Crippen LogP contribution in [0.5, 0.6) is 5.75 Å². The van der Waals surface area contributed by atoms with Crippen molar-refractivity contribution >= 4 is 33.3 Å². The molecule has 0 aliphatic heterocycles. The van der Waals surface area contributed by atoms with Crippen molar-refractivity contribution in [3.8, 4) is 5.75 Å². The van der Waals surface area contributed by atoms with Crippen molar-refractivity contribution in [3.05, 3.63) is 57.2 Å². The van der Waals surface area contributed by atoms with E-state index < -0.39 is 16.9 Å². The van der Waals surface area contributed by atoms with Crippen LogP contribution in [0.4, 0.5) is 11.5 Å². The zero-order valence-corrected chi connectivity index (χ0v) is 13.1. The normalized spacial score (nSPS) is 11.5. The van der Waals surface area contributed by atoms with E-state index in [1.165, 1.54) is 12.3 Å². The van der Waals surface area contributed by atoms with Gasteiger partial charge in [-0.25, -0.2) is 4.98 Å². The van der Waals surface area contributed by atoms with Gasteiger partial charge in [0.05, 0.1) is 4.92 Å². The molecule has 114 valence electrons. The maximum absolute atomic E-state index is 12.1. The fourth-order valence-corrected chi connectivity index (χ4v) is 1.96. The highest BCUT2D eigenvalue weighted by Gasteiger charge is 2.21. The molecule has 0 spiro atoms. The van der Waals surface area contributed by atoms with Crippen LogP contribution in [0.25, 0.3) is 0 Å². The third-order valence-electron chi connectivity index (χ3n) is 2.70. The molecule has 0 saturated carbocycles. The molecule has 22 heavy (non-hydrogen) atoms. The van der Waals surface area contributed by atoms with Gasteiger partial charge in [0.15, 0.2) is 6.10 Å². The Bertz CT molecular complexity index is 694. The number of anilines is 1. The average molecular weight is 366 g/mol. The highest BCUT2D eigenvalue weighted by molar-refractivity contribution is 9.10. The van der Waals surface area contributed by atoms with Gasteiger partial charge in [0.2, 0.25) is 5.82 Å². The molecule has 2 aromatic rings. The number of pyridine rings is 1. The summed E-state index contributed by atoms with van der Waals surface area (Å²) in [6.07, 6.45) is 0.540. The summed E-state index contributed by atoms with van der Waals surface area (Å²) < 4.78 is 5.90. The lowest BCUT2D eigenvalue weighted by molar-refractivity contribution is -0.384. The minimum Gasteiger partial charge on any atom is -0.481 e. The quantitative estimate of drug-likeness (QED) is 0.648. The summed E-state index contributed by atoms with van der Waals surface area (Å²) in [7, 11) is 0. The first kappa shape index (κ1) is 15.9. The lowest BCUT2D eigenvalue weighted by atomic mass is 10.3. The maximum Gasteiger partial charge on any atom is 0.312 e. The van der Waals surface area contributed by atoms with Gasteiger partial charge in [-0.15, -0.1) is 0 Å². The second-order valence-corrected chi connectivity index (χ2v) is 5.26. The molecule has 1 unspecified atom stereocenters. The average Bonchev–Trinajstić information content (AvgIpc) is 2.49. The van der Waals surface area contributed by atoms with Crippen LogP contribution in [0.15, 0.2) is 47.1 Å². The third kappa shape index (κ3) is 4.01. The number of nitrogens with zero attached hydrogens (tertiary/aromatic N) is 2. The van der Waals surface area contributed by atoms with Gasteiger partial charge in [0.1, 0.15) is 5.75 Å². The molecular formula is C14H12BrN3O4. The number of benzene rings is 1. The van der Waals surface area contributed by atoms with Gasteiger partial charge in [-0.2, -0.15) is 0 Å². The van der Waals surface area contributed by atoms with Crippen LogP contribution in [0.1, 0.15) is 6.92 Å². The molecular weight excluding hydrogens is 354 g/mol. The largest absolute Gasteiger partial charge is 0.481 e. The molecule has 0 radical (unpaired) electrons. The summed E-state index contributed by atoms with van der Waals surface area (Å²) >= 11 is 3.10. The molecule has 0 aliphatic carbocycles. The molecule has 0 aliphatic rings. The standard InChI is InChI=1S/C14H12BrN3O4/c1-9(22-11-5-3-2-4-6-11)14(19)17-13-12(18(20)21)7-10(15)8-16-13/h2-9H,1H3,(H,16,17,19). The number of ether oxygens (including phenoxy) is 1. The van der Waals surface area contributed by atoms with Crippen molar-refractivity contribution in [1.29, 1.82) is 0 Å². The highest BCUT2D eigenvalue weighted by Crippen LogP contribution is 2.25. The van der Waals surface area contributed by atoms with Crippen LogP contribution in [-0.2, 0) is 4.79 Å². The lowest BCUT2D eigenvalue weighted by Crippen LogP contribution is -2.30. The number of halogens is 1. The lowest BCUT2D eigenvalue weighted by Gasteiger charge is -2.14. The van der Waals surface area contributed by atoms with E-state index >= 15 is 0 Å². The first-order valence-corrected chi connectivity index (χ1v) is 7.09. The molecule has 1 aromatic heterocycles. The van der Waals surface area contributed by atoms with Crippen LogP contribution in [0.2, 0.25) is 0 Å². The Hall–Kier alpha value is -2.48. The number of nitro groups is 1. The second-order valence-electron chi connectivity index (χ2n) is 4.34. The van der Waals surface area contributed by atoms with Gasteiger partial charge < -0.3 is 10.1 Å². The van der Waals surface area contributed by atoms with E-state index in [9.17, 15) is 14.9 Å². The van der Waals surface area contributed by atoms with E-state index in [0.29, 0.717) is 10.2 Å². The molecule has 0 bridgehead atoms. The van der Waals surface area contributed by atoms with Crippen LogP contribution in [-0.4, -0.2) is 21.9 Å². The van der Waals surface area contributed by atoms with Crippen LogP contribution < -0.4 is 10.1 Å². The highest BCUT2D eigenvalue weighted by atomic mass is 79.9. The number of hydrogen-bond acceptors (Lipinski definition) is 5. The summed E-state index contributed by atoms with van der Waals surface area (Å²) in [4.78, 5) is 26.3. The summed E-state index contributed by atoms with van der Waals surface area (Å²) in [5, 5.41) is 13.4.